The van der Waals surface area contributed by atoms with E-state index in [0.29, 0.717) is 11.5 Å². The molecular weight excluding hydrogens is 470 g/mol. The first-order valence-electron chi connectivity index (χ1n) is 12.2. The number of rotatable bonds is 12. The van der Waals surface area contributed by atoms with Crippen molar-refractivity contribution in [1.29, 1.82) is 0 Å². The molecule has 0 aromatic heterocycles. The number of likely N-dealkylation sites (N-methyl/N-ethyl adjacent to an activating group) is 1. The van der Waals surface area contributed by atoms with E-state index in [9.17, 15) is 14.7 Å². The third kappa shape index (κ3) is 7.33. The number of esters is 1. The molecule has 0 heterocycles. The van der Waals surface area contributed by atoms with Crippen LogP contribution in [0.5, 0.6) is 11.5 Å². The molecule has 0 aliphatic rings. The SMILES string of the molecule is COC(=O)C[C@@H](COc1ccc(OC)cc1)[C@H](C(=O)N(C)[C@H](C)[C@H](O)c1ccccc1)c1ccccc1. The maximum absolute atomic E-state index is 14.0. The Bertz CT molecular complexity index is 1120. The minimum Gasteiger partial charge on any atom is -0.497 e. The monoisotopic (exact) mass is 505 g/mol. The van der Waals surface area contributed by atoms with E-state index in [1.807, 2.05) is 60.7 Å². The number of hydrogen-bond acceptors (Lipinski definition) is 6. The van der Waals surface area contributed by atoms with Crippen LogP contribution in [0.1, 0.15) is 36.5 Å². The van der Waals surface area contributed by atoms with Crippen LogP contribution in [0.25, 0.3) is 0 Å². The minimum atomic E-state index is -0.874. The van der Waals surface area contributed by atoms with Crippen molar-refractivity contribution < 1.29 is 28.9 Å². The van der Waals surface area contributed by atoms with Crippen molar-refractivity contribution in [3.05, 3.63) is 96.1 Å². The fraction of sp³-hybridized carbons (Fsp3) is 0.333. The molecule has 196 valence electrons. The van der Waals surface area contributed by atoms with Crippen molar-refractivity contribution in [2.45, 2.75) is 31.4 Å². The normalized spacial score (nSPS) is 14.1. The second-order valence-electron chi connectivity index (χ2n) is 8.96. The van der Waals surface area contributed by atoms with Gasteiger partial charge in [0.05, 0.1) is 45.3 Å². The first-order chi connectivity index (χ1) is 17.8. The molecule has 0 saturated carbocycles. The number of carbonyl (C=O) groups is 2. The summed E-state index contributed by atoms with van der Waals surface area (Å²) in [6, 6.07) is 25.2. The Hall–Kier alpha value is -3.84. The van der Waals surface area contributed by atoms with Gasteiger partial charge in [-0.05, 0) is 42.3 Å². The summed E-state index contributed by atoms with van der Waals surface area (Å²) in [5.74, 6) is -0.584. The molecule has 0 unspecified atom stereocenters. The number of methoxy groups -OCH3 is 2. The average Bonchev–Trinajstić information content (AvgIpc) is 2.95. The Morgan fingerprint density at radius 2 is 1.38 bits per heavy atom. The van der Waals surface area contributed by atoms with Crippen LogP contribution in [0.4, 0.5) is 0 Å². The van der Waals surface area contributed by atoms with Crippen molar-refractivity contribution in [2.75, 3.05) is 27.9 Å². The molecule has 7 heteroatoms. The van der Waals surface area contributed by atoms with Crippen molar-refractivity contribution in [3.8, 4) is 11.5 Å². The predicted octanol–water partition coefficient (Wildman–Crippen LogP) is 4.62. The van der Waals surface area contributed by atoms with Gasteiger partial charge in [-0.15, -0.1) is 0 Å². The maximum Gasteiger partial charge on any atom is 0.305 e. The molecule has 3 aromatic rings. The highest BCUT2D eigenvalue weighted by Crippen LogP contribution is 2.33. The number of ether oxygens (including phenoxy) is 3. The third-order valence-corrected chi connectivity index (χ3v) is 6.63. The van der Waals surface area contributed by atoms with Crippen LogP contribution in [0.15, 0.2) is 84.9 Å². The van der Waals surface area contributed by atoms with Gasteiger partial charge in [0.2, 0.25) is 5.91 Å². The molecule has 0 aliphatic heterocycles. The summed E-state index contributed by atoms with van der Waals surface area (Å²) in [5, 5.41) is 11.0. The summed E-state index contributed by atoms with van der Waals surface area (Å²) in [4.78, 5) is 28.0. The molecule has 0 aliphatic carbocycles. The number of aliphatic hydroxyl groups is 1. The molecule has 1 N–H and O–H groups in total. The fourth-order valence-electron chi connectivity index (χ4n) is 4.28. The molecule has 0 radical (unpaired) electrons. The molecule has 1 amide bonds. The fourth-order valence-corrected chi connectivity index (χ4v) is 4.28. The first-order valence-corrected chi connectivity index (χ1v) is 12.2. The van der Waals surface area contributed by atoms with Crippen molar-refractivity contribution in [3.63, 3.8) is 0 Å². The number of benzene rings is 3. The summed E-state index contributed by atoms with van der Waals surface area (Å²) < 4.78 is 16.2. The average molecular weight is 506 g/mol. The highest BCUT2D eigenvalue weighted by atomic mass is 16.5. The van der Waals surface area contributed by atoms with E-state index in [1.54, 1.807) is 50.2 Å². The van der Waals surface area contributed by atoms with Crippen LogP contribution in [0, 0.1) is 5.92 Å². The van der Waals surface area contributed by atoms with E-state index >= 15 is 0 Å². The van der Waals surface area contributed by atoms with E-state index < -0.39 is 30.0 Å². The number of nitrogens with zero attached hydrogens (tertiary/aromatic N) is 1. The molecule has 0 fully saturated rings. The van der Waals surface area contributed by atoms with Gasteiger partial charge in [0.1, 0.15) is 11.5 Å². The van der Waals surface area contributed by atoms with Crippen LogP contribution >= 0.6 is 0 Å². The molecule has 0 spiro atoms. The Kier molecular flexibility index (Phi) is 10.1. The summed E-state index contributed by atoms with van der Waals surface area (Å²) in [6.07, 6.45) is -0.886. The molecule has 3 aromatic carbocycles. The summed E-state index contributed by atoms with van der Waals surface area (Å²) >= 11 is 0. The van der Waals surface area contributed by atoms with Crippen LogP contribution in [0.2, 0.25) is 0 Å². The molecule has 7 nitrogen and oxygen atoms in total. The Balaban J connectivity index is 1.90. The summed E-state index contributed by atoms with van der Waals surface area (Å²) in [7, 11) is 4.59. The number of aliphatic hydroxyl groups excluding tert-OH is 1. The summed E-state index contributed by atoms with van der Waals surface area (Å²) in [5.41, 5.74) is 1.48. The zero-order valence-corrected chi connectivity index (χ0v) is 21.7. The lowest BCUT2D eigenvalue weighted by atomic mass is 9.82. The topological polar surface area (TPSA) is 85.3 Å². The van der Waals surface area contributed by atoms with Crippen LogP contribution < -0.4 is 9.47 Å². The minimum absolute atomic E-state index is 0.0125. The molecule has 4 atom stereocenters. The lowest BCUT2D eigenvalue weighted by Crippen LogP contribution is -2.44. The van der Waals surface area contributed by atoms with Crippen LogP contribution in [-0.2, 0) is 14.3 Å². The Morgan fingerprint density at radius 3 is 1.92 bits per heavy atom. The van der Waals surface area contributed by atoms with Gasteiger partial charge in [-0.25, -0.2) is 0 Å². The highest BCUT2D eigenvalue weighted by molar-refractivity contribution is 5.85. The number of hydrogen-bond donors (Lipinski definition) is 1. The van der Waals surface area contributed by atoms with Crippen LogP contribution in [-0.4, -0.2) is 55.8 Å². The van der Waals surface area contributed by atoms with Gasteiger partial charge >= 0.3 is 5.97 Å². The van der Waals surface area contributed by atoms with Gasteiger partial charge in [0.15, 0.2) is 0 Å². The Morgan fingerprint density at radius 1 is 0.838 bits per heavy atom. The predicted molar refractivity (Wildman–Crippen MR) is 141 cm³/mol. The van der Waals surface area contributed by atoms with Crippen molar-refractivity contribution in [2.24, 2.45) is 5.92 Å². The van der Waals surface area contributed by atoms with E-state index in [1.165, 1.54) is 7.11 Å². The third-order valence-electron chi connectivity index (χ3n) is 6.63. The van der Waals surface area contributed by atoms with Gasteiger partial charge in [-0.3, -0.25) is 9.59 Å². The summed E-state index contributed by atoms with van der Waals surface area (Å²) in [6.45, 7) is 1.91. The highest BCUT2D eigenvalue weighted by Gasteiger charge is 2.37. The van der Waals surface area contributed by atoms with Gasteiger partial charge in [-0.2, -0.15) is 0 Å². The van der Waals surface area contributed by atoms with Gasteiger partial charge in [0, 0.05) is 13.0 Å². The molecule has 0 saturated heterocycles. The maximum atomic E-state index is 14.0. The lowest BCUT2D eigenvalue weighted by Gasteiger charge is -2.35. The molecular formula is C30H35NO6. The smallest absolute Gasteiger partial charge is 0.305 e. The number of carbonyl (C=O) groups excluding carboxylic acids is 2. The molecule has 0 bridgehead atoms. The molecule has 3 rings (SSSR count). The quantitative estimate of drug-likeness (QED) is 0.362. The zero-order valence-electron chi connectivity index (χ0n) is 21.7. The van der Waals surface area contributed by atoms with Crippen molar-refractivity contribution in [1.82, 2.24) is 4.90 Å². The van der Waals surface area contributed by atoms with E-state index in [-0.39, 0.29) is 18.9 Å². The first kappa shape index (κ1) is 27.7. The van der Waals surface area contributed by atoms with Gasteiger partial charge < -0.3 is 24.2 Å². The van der Waals surface area contributed by atoms with Crippen molar-refractivity contribution >= 4 is 11.9 Å². The van der Waals surface area contributed by atoms with E-state index in [2.05, 4.69) is 0 Å². The largest absolute Gasteiger partial charge is 0.497 e. The standard InChI is InChI=1S/C30H35NO6/c1-21(29(33)23-13-9-6-10-14-23)31(2)30(34)28(22-11-7-5-8-12-22)24(19-27(32)36-4)20-37-26-17-15-25(35-3)16-18-26/h5-18,21,24,28-29,33H,19-20H2,1-4H3/t21-,24+,28-,29+/m1/s1. The van der Waals surface area contributed by atoms with Crippen LogP contribution in [0.3, 0.4) is 0 Å². The second-order valence-corrected chi connectivity index (χ2v) is 8.96. The van der Waals surface area contributed by atoms with Gasteiger partial charge in [0.25, 0.3) is 0 Å². The second kappa shape index (κ2) is 13.5. The zero-order chi connectivity index (χ0) is 26.8. The number of amides is 1. The van der Waals surface area contributed by atoms with Gasteiger partial charge in [-0.1, -0.05) is 60.7 Å². The van der Waals surface area contributed by atoms with E-state index in [0.717, 1.165) is 11.1 Å². The van der Waals surface area contributed by atoms with E-state index in [4.69, 9.17) is 14.2 Å². The molecule has 37 heavy (non-hydrogen) atoms. The Labute approximate surface area is 218 Å². The lowest BCUT2D eigenvalue weighted by molar-refractivity contribution is -0.143.